The fourth-order valence-electron chi connectivity index (χ4n) is 2.62. The Kier molecular flexibility index (Phi) is 4.42. The molecule has 5 heteroatoms. The summed E-state index contributed by atoms with van der Waals surface area (Å²) in [6, 6.07) is 1.46. The topological polar surface area (TPSA) is 46.6 Å². The number of esters is 1. The van der Waals surface area contributed by atoms with Crippen LogP contribution < -0.4 is 0 Å². The van der Waals surface area contributed by atoms with Gasteiger partial charge in [0.25, 0.3) is 5.91 Å². The van der Waals surface area contributed by atoms with Crippen LogP contribution in [-0.4, -0.2) is 35.0 Å². The lowest BCUT2D eigenvalue weighted by atomic mass is 10.1. The molecule has 1 amide bonds. The van der Waals surface area contributed by atoms with E-state index in [0.29, 0.717) is 18.5 Å². The highest BCUT2D eigenvalue weighted by atomic mass is 32.1. The van der Waals surface area contributed by atoms with Gasteiger partial charge in [0.1, 0.15) is 11.6 Å². The number of carbonyl (C=O) groups is 2. The number of hydrogen-bond donors (Lipinski definition) is 0. The van der Waals surface area contributed by atoms with Gasteiger partial charge in [-0.2, -0.15) is 0 Å². The van der Waals surface area contributed by atoms with Crippen molar-refractivity contribution in [1.82, 2.24) is 4.90 Å². The third kappa shape index (κ3) is 3.64. The molecule has 0 radical (unpaired) electrons. The minimum atomic E-state index is -0.525. The highest BCUT2D eigenvalue weighted by Gasteiger charge is 2.37. The lowest BCUT2D eigenvalue weighted by Gasteiger charge is -2.27. The molecule has 0 saturated carbocycles. The average molecular weight is 309 g/mol. The molecular weight excluding hydrogens is 286 g/mol. The zero-order valence-corrected chi connectivity index (χ0v) is 14.2. The molecule has 0 N–H and O–H groups in total. The molecule has 21 heavy (non-hydrogen) atoms. The summed E-state index contributed by atoms with van der Waals surface area (Å²) in [6.45, 7) is 10.1. The first-order valence-electron chi connectivity index (χ1n) is 7.30. The third-order valence-electron chi connectivity index (χ3n) is 3.46. The molecule has 1 saturated heterocycles. The number of hydrogen-bond acceptors (Lipinski definition) is 4. The Labute approximate surface area is 130 Å². The summed E-state index contributed by atoms with van der Waals surface area (Å²) in [7, 11) is 0. The highest BCUT2D eigenvalue weighted by molar-refractivity contribution is 7.12. The molecule has 0 bridgehead atoms. The van der Waals surface area contributed by atoms with Crippen molar-refractivity contribution in [3.05, 3.63) is 21.4 Å². The summed E-state index contributed by atoms with van der Waals surface area (Å²) < 4.78 is 5.44. The number of nitrogens with zero attached hydrogens (tertiary/aromatic N) is 1. The van der Waals surface area contributed by atoms with Gasteiger partial charge >= 0.3 is 5.97 Å². The van der Waals surface area contributed by atoms with Gasteiger partial charge in [0.15, 0.2) is 0 Å². The largest absolute Gasteiger partial charge is 0.458 e. The quantitative estimate of drug-likeness (QED) is 0.787. The molecule has 1 aromatic heterocycles. The fraction of sp³-hybridized carbons (Fsp3) is 0.625. The molecule has 1 aliphatic rings. The predicted octanol–water partition coefficient (Wildman–Crippen LogP) is 3.31. The first kappa shape index (κ1) is 16.0. The van der Waals surface area contributed by atoms with Gasteiger partial charge in [0.2, 0.25) is 0 Å². The molecule has 1 aliphatic heterocycles. The zero-order valence-electron chi connectivity index (χ0n) is 13.4. The molecule has 1 fully saturated rings. The summed E-state index contributed by atoms with van der Waals surface area (Å²) in [5, 5.41) is 0. The Morgan fingerprint density at radius 1 is 1.33 bits per heavy atom. The van der Waals surface area contributed by atoms with Crippen molar-refractivity contribution in [3.8, 4) is 0 Å². The Bertz CT molecular complexity index is 556. The standard InChI is InChI=1S/C16H23NO3S/c1-10-9-12(11(2)21-10)14(18)17-8-6-7-13(17)15(19)20-16(3,4)5/h9,13H,6-8H2,1-5H3/t13-/m0/s1. The number of rotatable bonds is 2. The minimum absolute atomic E-state index is 0.0507. The maximum atomic E-state index is 12.7. The summed E-state index contributed by atoms with van der Waals surface area (Å²) in [4.78, 5) is 28.8. The third-order valence-corrected chi connectivity index (χ3v) is 4.43. The Morgan fingerprint density at radius 2 is 2.00 bits per heavy atom. The summed E-state index contributed by atoms with van der Waals surface area (Å²) >= 11 is 1.61. The van der Waals surface area contributed by atoms with Crippen molar-refractivity contribution in [1.29, 1.82) is 0 Å². The van der Waals surface area contributed by atoms with E-state index in [1.807, 2.05) is 40.7 Å². The number of thiophene rings is 1. The lowest BCUT2D eigenvalue weighted by Crippen LogP contribution is -2.43. The predicted molar refractivity (Wildman–Crippen MR) is 83.7 cm³/mol. The van der Waals surface area contributed by atoms with Gasteiger partial charge < -0.3 is 9.64 Å². The van der Waals surface area contributed by atoms with E-state index < -0.39 is 11.6 Å². The van der Waals surface area contributed by atoms with Crippen LogP contribution in [0.3, 0.4) is 0 Å². The second-order valence-corrected chi connectivity index (χ2v) is 7.98. The van der Waals surface area contributed by atoms with Gasteiger partial charge in [-0.25, -0.2) is 4.79 Å². The number of likely N-dealkylation sites (tertiary alicyclic amines) is 1. The van der Waals surface area contributed by atoms with Crippen LogP contribution in [0.4, 0.5) is 0 Å². The van der Waals surface area contributed by atoms with E-state index in [1.54, 1.807) is 16.2 Å². The van der Waals surface area contributed by atoms with E-state index in [0.717, 1.165) is 16.2 Å². The zero-order chi connectivity index (χ0) is 15.8. The minimum Gasteiger partial charge on any atom is -0.458 e. The summed E-state index contributed by atoms with van der Waals surface area (Å²) in [6.07, 6.45) is 1.53. The van der Waals surface area contributed by atoms with Crippen molar-refractivity contribution >= 4 is 23.2 Å². The van der Waals surface area contributed by atoms with E-state index in [-0.39, 0.29) is 11.9 Å². The Balaban J connectivity index is 2.17. The van der Waals surface area contributed by atoms with Crippen LogP contribution in [0.1, 0.15) is 53.7 Å². The second kappa shape index (κ2) is 5.79. The van der Waals surface area contributed by atoms with Crippen LogP contribution in [0.5, 0.6) is 0 Å². The fourth-order valence-corrected chi connectivity index (χ4v) is 3.54. The average Bonchev–Trinajstić information content (AvgIpc) is 2.92. The van der Waals surface area contributed by atoms with Crippen molar-refractivity contribution in [2.45, 2.75) is 59.1 Å². The normalized spacial score (nSPS) is 18.9. The van der Waals surface area contributed by atoms with E-state index in [4.69, 9.17) is 4.74 Å². The number of amides is 1. The van der Waals surface area contributed by atoms with Gasteiger partial charge in [-0.15, -0.1) is 11.3 Å². The van der Waals surface area contributed by atoms with Crippen LogP contribution in [0.2, 0.25) is 0 Å². The first-order chi connectivity index (χ1) is 9.69. The van der Waals surface area contributed by atoms with E-state index >= 15 is 0 Å². The van der Waals surface area contributed by atoms with Gasteiger partial charge in [0.05, 0.1) is 5.56 Å². The summed E-state index contributed by atoms with van der Waals surface area (Å²) in [5.41, 5.74) is 0.191. The highest BCUT2D eigenvalue weighted by Crippen LogP contribution is 2.27. The molecule has 0 unspecified atom stereocenters. The molecule has 2 rings (SSSR count). The number of ether oxygens (including phenoxy) is 1. The smallest absolute Gasteiger partial charge is 0.329 e. The maximum absolute atomic E-state index is 12.7. The van der Waals surface area contributed by atoms with Crippen LogP contribution in [0.15, 0.2) is 6.07 Å². The molecular formula is C16H23NO3S. The van der Waals surface area contributed by atoms with E-state index in [1.165, 1.54) is 0 Å². The van der Waals surface area contributed by atoms with Gasteiger partial charge in [-0.3, -0.25) is 4.79 Å². The Morgan fingerprint density at radius 3 is 2.52 bits per heavy atom. The molecule has 0 aromatic carbocycles. The van der Waals surface area contributed by atoms with Crippen LogP contribution >= 0.6 is 11.3 Å². The van der Waals surface area contributed by atoms with Crippen molar-refractivity contribution in [3.63, 3.8) is 0 Å². The summed E-state index contributed by atoms with van der Waals surface area (Å²) in [5.74, 6) is -0.344. The number of carbonyl (C=O) groups excluding carboxylic acids is 2. The molecule has 116 valence electrons. The number of aryl methyl sites for hydroxylation is 2. The van der Waals surface area contributed by atoms with Crippen molar-refractivity contribution in [2.75, 3.05) is 6.54 Å². The molecule has 2 heterocycles. The monoisotopic (exact) mass is 309 g/mol. The van der Waals surface area contributed by atoms with Crippen LogP contribution in [0.25, 0.3) is 0 Å². The molecule has 0 aliphatic carbocycles. The van der Waals surface area contributed by atoms with E-state index in [2.05, 4.69) is 0 Å². The van der Waals surface area contributed by atoms with Crippen molar-refractivity contribution in [2.24, 2.45) is 0 Å². The van der Waals surface area contributed by atoms with Gasteiger partial charge in [0, 0.05) is 16.3 Å². The van der Waals surface area contributed by atoms with Crippen molar-refractivity contribution < 1.29 is 14.3 Å². The van der Waals surface area contributed by atoms with Gasteiger partial charge in [-0.05, 0) is 53.5 Å². The lowest BCUT2D eigenvalue weighted by molar-refractivity contribution is -0.159. The SMILES string of the molecule is Cc1cc(C(=O)N2CCC[C@H]2C(=O)OC(C)(C)C)c(C)s1. The molecule has 4 nitrogen and oxygen atoms in total. The first-order valence-corrected chi connectivity index (χ1v) is 8.11. The maximum Gasteiger partial charge on any atom is 0.329 e. The second-order valence-electron chi connectivity index (χ2n) is 6.52. The molecule has 1 aromatic rings. The molecule has 1 atom stereocenters. The van der Waals surface area contributed by atoms with Gasteiger partial charge in [-0.1, -0.05) is 0 Å². The molecule has 0 spiro atoms. The van der Waals surface area contributed by atoms with E-state index in [9.17, 15) is 9.59 Å². The van der Waals surface area contributed by atoms with Crippen LogP contribution in [0, 0.1) is 13.8 Å². The Hall–Kier alpha value is -1.36. The van der Waals surface area contributed by atoms with Crippen LogP contribution in [-0.2, 0) is 9.53 Å².